The molecule has 2 aliphatic carbocycles. The van der Waals surface area contributed by atoms with Crippen LogP contribution >= 0.6 is 22.6 Å². The van der Waals surface area contributed by atoms with Gasteiger partial charge in [0.05, 0.1) is 5.92 Å². The first-order valence-electron chi connectivity index (χ1n) is 5.83. The molecule has 1 saturated carbocycles. The van der Waals surface area contributed by atoms with Crippen LogP contribution in [-0.4, -0.2) is 33.6 Å². The van der Waals surface area contributed by atoms with Crippen LogP contribution in [0.25, 0.3) is 0 Å². The van der Waals surface area contributed by atoms with Crippen LogP contribution in [0.5, 0.6) is 0 Å². The number of carbonyl (C=O) groups excluding carboxylic acids is 1. The van der Waals surface area contributed by atoms with E-state index in [2.05, 4.69) is 34.7 Å². The van der Waals surface area contributed by atoms with Gasteiger partial charge in [0.15, 0.2) is 0 Å². The molecular weight excluding hydrogens is 317 g/mol. The number of carbonyl (C=O) groups is 1. The zero-order valence-electron chi connectivity index (χ0n) is 9.47. The standard InChI is InChI=1S/C12H18INO2/c1-14(7-15)12(16)11-9-6-5-8(9)3-2-4-10(11)13/h5-6,8-11,15H,2-4,7H2,1H3/t8?,9?,10?,11-/m1/s1. The van der Waals surface area contributed by atoms with Crippen LogP contribution in [0.2, 0.25) is 0 Å². The molecule has 0 radical (unpaired) electrons. The lowest BCUT2D eigenvalue weighted by molar-refractivity contribution is -0.139. The predicted octanol–water partition coefficient (Wildman–Crippen LogP) is 1.80. The van der Waals surface area contributed by atoms with Gasteiger partial charge in [0.1, 0.15) is 6.73 Å². The maximum atomic E-state index is 12.2. The Morgan fingerprint density at radius 1 is 1.50 bits per heavy atom. The van der Waals surface area contributed by atoms with Gasteiger partial charge in [0.2, 0.25) is 5.91 Å². The van der Waals surface area contributed by atoms with E-state index in [0.717, 1.165) is 6.42 Å². The van der Waals surface area contributed by atoms with Gasteiger partial charge in [-0.15, -0.1) is 0 Å². The van der Waals surface area contributed by atoms with E-state index in [1.807, 2.05) is 0 Å². The SMILES string of the molecule is CN(CO)C(=O)[C@H]1C(I)CCCC2C=CC21. The molecule has 0 aromatic rings. The number of rotatable bonds is 2. The fourth-order valence-corrected chi connectivity index (χ4v) is 3.91. The molecule has 0 aliphatic heterocycles. The first-order valence-corrected chi connectivity index (χ1v) is 7.08. The minimum atomic E-state index is -0.181. The third-order valence-corrected chi connectivity index (χ3v) is 5.17. The third kappa shape index (κ3) is 2.14. The van der Waals surface area contributed by atoms with E-state index in [0.29, 0.717) is 15.8 Å². The van der Waals surface area contributed by atoms with Gasteiger partial charge in [0.25, 0.3) is 0 Å². The first-order chi connectivity index (χ1) is 7.65. The molecule has 2 rings (SSSR count). The summed E-state index contributed by atoms with van der Waals surface area (Å²) in [6.07, 6.45) is 7.96. The highest BCUT2D eigenvalue weighted by molar-refractivity contribution is 14.1. The average Bonchev–Trinajstić information content (AvgIpc) is 2.36. The van der Waals surface area contributed by atoms with E-state index >= 15 is 0 Å². The van der Waals surface area contributed by atoms with Crippen molar-refractivity contribution in [3.63, 3.8) is 0 Å². The second-order valence-corrected chi connectivity index (χ2v) is 6.38. The maximum absolute atomic E-state index is 12.2. The Bertz CT molecular complexity index is 305. The minimum absolute atomic E-state index is 0.0650. The lowest BCUT2D eigenvalue weighted by Gasteiger charge is -2.36. The summed E-state index contributed by atoms with van der Waals surface area (Å²) >= 11 is 2.40. The van der Waals surface area contributed by atoms with Crippen LogP contribution < -0.4 is 0 Å². The fourth-order valence-electron chi connectivity index (χ4n) is 2.68. The van der Waals surface area contributed by atoms with E-state index in [4.69, 9.17) is 5.11 Å². The van der Waals surface area contributed by atoms with E-state index < -0.39 is 0 Å². The summed E-state index contributed by atoms with van der Waals surface area (Å²) in [6.45, 7) is -0.181. The van der Waals surface area contributed by atoms with Gasteiger partial charge in [-0.25, -0.2) is 0 Å². The summed E-state index contributed by atoms with van der Waals surface area (Å²) in [4.78, 5) is 13.6. The van der Waals surface area contributed by atoms with Crippen molar-refractivity contribution >= 4 is 28.5 Å². The van der Waals surface area contributed by atoms with Gasteiger partial charge in [-0.1, -0.05) is 41.2 Å². The van der Waals surface area contributed by atoms with Crippen molar-refractivity contribution in [2.24, 2.45) is 17.8 Å². The van der Waals surface area contributed by atoms with Gasteiger partial charge in [0, 0.05) is 11.0 Å². The van der Waals surface area contributed by atoms with Crippen LogP contribution in [0.3, 0.4) is 0 Å². The number of halogens is 1. The summed E-state index contributed by atoms with van der Waals surface area (Å²) < 4.78 is 0.402. The highest BCUT2D eigenvalue weighted by Crippen LogP contribution is 2.44. The van der Waals surface area contributed by atoms with Crippen molar-refractivity contribution in [2.45, 2.75) is 23.2 Å². The molecule has 3 nitrogen and oxygen atoms in total. The van der Waals surface area contributed by atoms with Gasteiger partial charge in [-0.3, -0.25) is 4.79 Å². The van der Waals surface area contributed by atoms with Crippen LogP contribution in [0.15, 0.2) is 12.2 Å². The zero-order chi connectivity index (χ0) is 11.7. The Morgan fingerprint density at radius 2 is 2.25 bits per heavy atom. The van der Waals surface area contributed by atoms with Crippen molar-refractivity contribution in [2.75, 3.05) is 13.8 Å². The van der Waals surface area contributed by atoms with Crippen molar-refractivity contribution in [1.82, 2.24) is 4.90 Å². The molecule has 1 amide bonds. The summed E-state index contributed by atoms with van der Waals surface area (Å²) in [6, 6.07) is 0. The number of aliphatic hydroxyl groups is 1. The lowest BCUT2D eigenvalue weighted by atomic mass is 9.72. The summed E-state index contributed by atoms with van der Waals surface area (Å²) in [7, 11) is 1.67. The molecule has 1 N–H and O–H groups in total. The number of nitrogens with zero attached hydrogens (tertiary/aromatic N) is 1. The predicted molar refractivity (Wildman–Crippen MR) is 71.1 cm³/mol. The number of hydrogen-bond donors (Lipinski definition) is 1. The van der Waals surface area contributed by atoms with Crippen molar-refractivity contribution in [3.05, 3.63) is 12.2 Å². The number of amides is 1. The smallest absolute Gasteiger partial charge is 0.228 e. The topological polar surface area (TPSA) is 40.5 Å². The summed E-state index contributed by atoms with van der Waals surface area (Å²) in [5, 5.41) is 9.05. The number of alkyl halides is 1. The molecular formula is C12H18INO2. The molecule has 4 atom stereocenters. The molecule has 0 bridgehead atoms. The summed E-state index contributed by atoms with van der Waals surface area (Å²) in [5.74, 6) is 1.17. The highest BCUT2D eigenvalue weighted by atomic mass is 127. The number of fused-ring (bicyclic) bond motifs is 1. The Balaban J connectivity index is 2.15. The molecule has 16 heavy (non-hydrogen) atoms. The quantitative estimate of drug-likeness (QED) is 0.362. The van der Waals surface area contributed by atoms with E-state index in [-0.39, 0.29) is 18.6 Å². The number of hydrogen-bond acceptors (Lipinski definition) is 2. The molecule has 0 spiro atoms. The van der Waals surface area contributed by atoms with E-state index in [1.54, 1.807) is 7.05 Å². The fraction of sp³-hybridized carbons (Fsp3) is 0.750. The largest absolute Gasteiger partial charge is 0.376 e. The Hall–Kier alpha value is -0.100. The molecule has 0 aromatic carbocycles. The molecule has 4 heteroatoms. The average molecular weight is 335 g/mol. The Morgan fingerprint density at radius 3 is 2.81 bits per heavy atom. The third-order valence-electron chi connectivity index (χ3n) is 3.77. The number of allylic oxidation sites excluding steroid dienone is 2. The summed E-state index contributed by atoms with van der Waals surface area (Å²) in [5.41, 5.74) is 0. The monoisotopic (exact) mass is 335 g/mol. The molecule has 3 unspecified atom stereocenters. The first kappa shape index (κ1) is 12.4. The van der Waals surface area contributed by atoms with Gasteiger partial charge < -0.3 is 10.0 Å². The second kappa shape index (κ2) is 5.04. The van der Waals surface area contributed by atoms with Crippen molar-refractivity contribution in [1.29, 1.82) is 0 Å². The molecule has 0 aromatic heterocycles. The van der Waals surface area contributed by atoms with Gasteiger partial charge in [-0.2, -0.15) is 0 Å². The molecule has 90 valence electrons. The maximum Gasteiger partial charge on any atom is 0.228 e. The second-order valence-electron chi connectivity index (χ2n) is 4.78. The normalized spacial score (nSPS) is 37.2. The van der Waals surface area contributed by atoms with E-state index in [9.17, 15) is 4.79 Å². The highest BCUT2D eigenvalue weighted by Gasteiger charge is 2.42. The Kier molecular flexibility index (Phi) is 3.89. The minimum Gasteiger partial charge on any atom is -0.376 e. The zero-order valence-corrected chi connectivity index (χ0v) is 11.6. The van der Waals surface area contributed by atoms with Crippen LogP contribution in [-0.2, 0) is 4.79 Å². The lowest BCUT2D eigenvalue weighted by Crippen LogP contribution is -2.43. The number of aliphatic hydroxyl groups excluding tert-OH is 1. The van der Waals surface area contributed by atoms with Crippen LogP contribution in [0, 0.1) is 17.8 Å². The molecule has 0 heterocycles. The molecule has 1 fully saturated rings. The van der Waals surface area contributed by atoms with Crippen LogP contribution in [0.4, 0.5) is 0 Å². The van der Waals surface area contributed by atoms with E-state index in [1.165, 1.54) is 17.7 Å². The van der Waals surface area contributed by atoms with Crippen molar-refractivity contribution < 1.29 is 9.90 Å². The van der Waals surface area contributed by atoms with Crippen LogP contribution in [0.1, 0.15) is 19.3 Å². The molecule has 2 aliphatic rings. The Labute approximate surface area is 110 Å². The molecule has 0 saturated heterocycles. The van der Waals surface area contributed by atoms with Crippen molar-refractivity contribution in [3.8, 4) is 0 Å². The van der Waals surface area contributed by atoms with Gasteiger partial charge >= 0.3 is 0 Å². The van der Waals surface area contributed by atoms with Gasteiger partial charge in [-0.05, 0) is 24.7 Å².